The largest absolute Gasteiger partial charge is 0.316 e. The molecule has 0 bridgehead atoms. The number of thiophene rings is 1. The fourth-order valence-electron chi connectivity index (χ4n) is 3.39. The Morgan fingerprint density at radius 2 is 2.21 bits per heavy atom. The minimum atomic E-state index is 0.756. The molecular formula is C17H29NS. The minimum absolute atomic E-state index is 0.756. The van der Waals surface area contributed by atoms with E-state index in [-0.39, 0.29) is 0 Å². The van der Waals surface area contributed by atoms with Gasteiger partial charge in [0.2, 0.25) is 0 Å². The Bertz CT molecular complexity index is 344. The van der Waals surface area contributed by atoms with E-state index in [1.54, 1.807) is 5.56 Å². The molecule has 2 heteroatoms. The van der Waals surface area contributed by atoms with Crippen molar-refractivity contribution in [2.24, 2.45) is 17.8 Å². The smallest absolute Gasteiger partial charge is 0.00145 e. The molecular weight excluding hydrogens is 250 g/mol. The average Bonchev–Trinajstić information content (AvgIpc) is 2.92. The summed E-state index contributed by atoms with van der Waals surface area (Å²) in [4.78, 5) is 0. The molecule has 3 atom stereocenters. The lowest BCUT2D eigenvalue weighted by atomic mass is 9.71. The van der Waals surface area contributed by atoms with Gasteiger partial charge < -0.3 is 5.32 Å². The van der Waals surface area contributed by atoms with Crippen LogP contribution >= 0.6 is 11.3 Å². The molecule has 0 saturated heterocycles. The summed E-state index contributed by atoms with van der Waals surface area (Å²) in [6, 6.07) is 2.35. The van der Waals surface area contributed by atoms with Crippen LogP contribution in [0.2, 0.25) is 0 Å². The van der Waals surface area contributed by atoms with Crippen molar-refractivity contribution >= 4 is 11.3 Å². The van der Waals surface area contributed by atoms with Crippen molar-refractivity contribution < 1.29 is 0 Å². The molecule has 1 aliphatic carbocycles. The fraction of sp³-hybridized carbons (Fsp3) is 0.765. The van der Waals surface area contributed by atoms with Crippen LogP contribution in [-0.4, -0.2) is 13.1 Å². The highest BCUT2D eigenvalue weighted by atomic mass is 32.1. The highest BCUT2D eigenvalue weighted by Gasteiger charge is 2.30. The molecule has 1 aliphatic rings. The van der Waals surface area contributed by atoms with E-state index in [4.69, 9.17) is 0 Å². The second kappa shape index (κ2) is 7.44. The SMILES string of the molecule is CCC1CCC(CNCC(C)C)C(c2ccsc2)C1. The molecule has 19 heavy (non-hydrogen) atoms. The number of nitrogens with one attached hydrogen (secondary N) is 1. The first-order valence-electron chi connectivity index (χ1n) is 7.93. The molecule has 3 unspecified atom stereocenters. The fourth-order valence-corrected chi connectivity index (χ4v) is 4.11. The van der Waals surface area contributed by atoms with E-state index < -0.39 is 0 Å². The van der Waals surface area contributed by atoms with Gasteiger partial charge in [-0.3, -0.25) is 0 Å². The molecule has 1 saturated carbocycles. The van der Waals surface area contributed by atoms with Crippen LogP contribution in [0.1, 0.15) is 57.9 Å². The van der Waals surface area contributed by atoms with Gasteiger partial charge in [-0.1, -0.05) is 33.6 Å². The highest BCUT2D eigenvalue weighted by Crippen LogP contribution is 2.42. The Balaban J connectivity index is 1.95. The summed E-state index contributed by atoms with van der Waals surface area (Å²) in [5.41, 5.74) is 1.60. The van der Waals surface area contributed by atoms with Crippen LogP contribution < -0.4 is 5.32 Å². The lowest BCUT2D eigenvalue weighted by molar-refractivity contribution is 0.224. The third-order valence-electron chi connectivity index (χ3n) is 4.61. The van der Waals surface area contributed by atoms with E-state index in [0.717, 1.165) is 30.2 Å². The van der Waals surface area contributed by atoms with Crippen molar-refractivity contribution in [1.29, 1.82) is 0 Å². The highest BCUT2D eigenvalue weighted by molar-refractivity contribution is 7.07. The van der Waals surface area contributed by atoms with Crippen molar-refractivity contribution in [3.63, 3.8) is 0 Å². The Morgan fingerprint density at radius 1 is 1.37 bits per heavy atom. The Morgan fingerprint density at radius 3 is 2.84 bits per heavy atom. The molecule has 2 rings (SSSR count). The van der Waals surface area contributed by atoms with Crippen LogP contribution in [0.4, 0.5) is 0 Å². The summed E-state index contributed by atoms with van der Waals surface area (Å²) in [6.45, 7) is 9.29. The van der Waals surface area contributed by atoms with E-state index in [2.05, 4.69) is 42.9 Å². The summed E-state index contributed by atoms with van der Waals surface area (Å²) in [5.74, 6) is 3.35. The van der Waals surface area contributed by atoms with Crippen LogP contribution in [0.15, 0.2) is 16.8 Å². The summed E-state index contributed by atoms with van der Waals surface area (Å²) in [7, 11) is 0. The maximum absolute atomic E-state index is 3.68. The van der Waals surface area contributed by atoms with E-state index in [0.29, 0.717) is 0 Å². The topological polar surface area (TPSA) is 12.0 Å². The van der Waals surface area contributed by atoms with Crippen LogP contribution in [0.3, 0.4) is 0 Å². The summed E-state index contributed by atoms with van der Waals surface area (Å²) < 4.78 is 0. The molecule has 1 heterocycles. The normalized spacial score (nSPS) is 27.9. The van der Waals surface area contributed by atoms with Gasteiger partial charge in [-0.15, -0.1) is 0 Å². The molecule has 1 aromatic heterocycles. The van der Waals surface area contributed by atoms with E-state index in [1.807, 2.05) is 11.3 Å². The predicted octanol–water partition coefficient (Wildman–Crippen LogP) is 4.90. The van der Waals surface area contributed by atoms with Gasteiger partial charge in [-0.2, -0.15) is 11.3 Å². The van der Waals surface area contributed by atoms with Gasteiger partial charge in [0.25, 0.3) is 0 Å². The zero-order chi connectivity index (χ0) is 13.7. The maximum Gasteiger partial charge on any atom is -0.00145 e. The Hall–Kier alpha value is -0.340. The van der Waals surface area contributed by atoms with Crippen molar-refractivity contribution in [2.45, 2.75) is 52.4 Å². The van der Waals surface area contributed by atoms with Crippen molar-refractivity contribution in [3.8, 4) is 0 Å². The third-order valence-corrected chi connectivity index (χ3v) is 5.31. The lowest BCUT2D eigenvalue weighted by Crippen LogP contribution is -2.33. The number of hydrogen-bond donors (Lipinski definition) is 1. The quantitative estimate of drug-likeness (QED) is 0.780. The van der Waals surface area contributed by atoms with Crippen LogP contribution in [0.5, 0.6) is 0 Å². The third kappa shape index (κ3) is 4.32. The van der Waals surface area contributed by atoms with Gasteiger partial charge in [0.15, 0.2) is 0 Å². The average molecular weight is 279 g/mol. The Labute approximate surface area is 122 Å². The molecule has 1 aromatic rings. The zero-order valence-corrected chi connectivity index (χ0v) is 13.5. The van der Waals surface area contributed by atoms with Gasteiger partial charge in [-0.25, -0.2) is 0 Å². The monoisotopic (exact) mass is 279 g/mol. The van der Waals surface area contributed by atoms with Crippen LogP contribution in [0, 0.1) is 17.8 Å². The second-order valence-corrected chi connectivity index (χ2v) is 7.34. The molecule has 1 fully saturated rings. The molecule has 1 nitrogen and oxygen atoms in total. The molecule has 0 spiro atoms. The molecule has 108 valence electrons. The van der Waals surface area contributed by atoms with Crippen molar-refractivity contribution in [2.75, 3.05) is 13.1 Å². The lowest BCUT2D eigenvalue weighted by Gasteiger charge is -2.36. The van der Waals surface area contributed by atoms with Gasteiger partial charge in [0, 0.05) is 0 Å². The number of hydrogen-bond acceptors (Lipinski definition) is 2. The van der Waals surface area contributed by atoms with E-state index in [9.17, 15) is 0 Å². The minimum Gasteiger partial charge on any atom is -0.316 e. The molecule has 0 aliphatic heterocycles. The van der Waals surface area contributed by atoms with Gasteiger partial charge in [0.1, 0.15) is 0 Å². The van der Waals surface area contributed by atoms with Crippen molar-refractivity contribution in [3.05, 3.63) is 22.4 Å². The molecule has 0 radical (unpaired) electrons. The van der Waals surface area contributed by atoms with Crippen LogP contribution in [0.25, 0.3) is 0 Å². The maximum atomic E-state index is 3.68. The van der Waals surface area contributed by atoms with Gasteiger partial charge >= 0.3 is 0 Å². The molecule has 1 N–H and O–H groups in total. The first kappa shape index (κ1) is 15.1. The standard InChI is InChI=1S/C17H29NS/c1-4-14-5-6-15(11-18-10-13(2)3)17(9-14)16-7-8-19-12-16/h7-8,12-15,17-18H,4-6,9-11H2,1-3H3. The second-order valence-electron chi connectivity index (χ2n) is 6.56. The zero-order valence-electron chi connectivity index (χ0n) is 12.7. The summed E-state index contributed by atoms with van der Waals surface area (Å²) >= 11 is 1.85. The van der Waals surface area contributed by atoms with E-state index in [1.165, 1.54) is 32.2 Å². The summed E-state index contributed by atoms with van der Waals surface area (Å²) in [6.07, 6.45) is 5.60. The summed E-state index contributed by atoms with van der Waals surface area (Å²) in [5, 5.41) is 8.30. The Kier molecular flexibility index (Phi) is 5.90. The molecule has 0 amide bonds. The molecule has 0 aromatic carbocycles. The predicted molar refractivity (Wildman–Crippen MR) is 85.9 cm³/mol. The van der Waals surface area contributed by atoms with E-state index >= 15 is 0 Å². The van der Waals surface area contributed by atoms with Crippen molar-refractivity contribution in [1.82, 2.24) is 5.32 Å². The van der Waals surface area contributed by atoms with Gasteiger partial charge in [-0.05, 0) is 72.0 Å². The van der Waals surface area contributed by atoms with Crippen LogP contribution in [-0.2, 0) is 0 Å². The first-order valence-corrected chi connectivity index (χ1v) is 8.87. The number of rotatable bonds is 6. The first-order chi connectivity index (χ1) is 9.20. The van der Waals surface area contributed by atoms with Gasteiger partial charge in [0.05, 0.1) is 0 Å².